The molecule has 0 saturated carbocycles. The van der Waals surface area contributed by atoms with Gasteiger partial charge in [0.2, 0.25) is 0 Å². The van der Waals surface area contributed by atoms with Crippen molar-refractivity contribution in [1.29, 1.82) is 0 Å². The number of benzene rings is 1. The van der Waals surface area contributed by atoms with Crippen molar-refractivity contribution in [2.24, 2.45) is 7.05 Å². The molecule has 19 heavy (non-hydrogen) atoms. The second kappa shape index (κ2) is 5.57. The van der Waals surface area contributed by atoms with Crippen LogP contribution >= 0.6 is 0 Å². The first-order valence-corrected chi connectivity index (χ1v) is 6.80. The van der Waals surface area contributed by atoms with Crippen molar-refractivity contribution in [3.8, 4) is 11.3 Å². The Balaban J connectivity index is 2.37. The Morgan fingerprint density at radius 1 is 1.16 bits per heavy atom. The van der Waals surface area contributed by atoms with Crippen LogP contribution in [0.5, 0.6) is 0 Å². The molecule has 1 aromatic heterocycles. The molecule has 0 spiro atoms. The van der Waals surface area contributed by atoms with Crippen molar-refractivity contribution in [3.05, 3.63) is 41.1 Å². The number of hydrogen-bond donors (Lipinski definition) is 1. The van der Waals surface area contributed by atoms with Crippen molar-refractivity contribution >= 4 is 0 Å². The molecular formula is C16H23N3. The molecule has 3 nitrogen and oxygen atoms in total. The number of aryl methyl sites for hydroxylation is 3. The summed E-state index contributed by atoms with van der Waals surface area (Å²) in [7, 11) is 1.98. The molecule has 0 aliphatic carbocycles. The summed E-state index contributed by atoms with van der Waals surface area (Å²) in [6.07, 6.45) is 2.10. The average molecular weight is 257 g/mol. The molecule has 0 aliphatic rings. The Morgan fingerprint density at radius 2 is 1.79 bits per heavy atom. The molecule has 1 aromatic carbocycles. The van der Waals surface area contributed by atoms with Gasteiger partial charge in [-0.2, -0.15) is 5.10 Å². The van der Waals surface area contributed by atoms with E-state index in [1.54, 1.807) is 0 Å². The molecule has 102 valence electrons. The lowest BCUT2D eigenvalue weighted by atomic mass is 10.0. The van der Waals surface area contributed by atoms with E-state index >= 15 is 0 Å². The van der Waals surface area contributed by atoms with E-state index in [9.17, 15) is 0 Å². The van der Waals surface area contributed by atoms with E-state index in [2.05, 4.69) is 62.5 Å². The average Bonchev–Trinajstić information content (AvgIpc) is 2.66. The minimum absolute atomic E-state index is 0.479. The van der Waals surface area contributed by atoms with Crippen LogP contribution in [0.1, 0.15) is 30.5 Å². The monoisotopic (exact) mass is 257 g/mol. The summed E-state index contributed by atoms with van der Waals surface area (Å²) in [5.74, 6) is 0. The maximum Gasteiger partial charge on any atom is 0.0968 e. The van der Waals surface area contributed by atoms with Gasteiger partial charge in [-0.3, -0.25) is 4.68 Å². The van der Waals surface area contributed by atoms with Gasteiger partial charge in [0.25, 0.3) is 0 Å². The van der Waals surface area contributed by atoms with Crippen LogP contribution < -0.4 is 5.32 Å². The molecule has 1 N–H and O–H groups in total. The molecule has 0 bridgehead atoms. The van der Waals surface area contributed by atoms with Crippen LogP contribution in [-0.2, 0) is 13.6 Å². The summed E-state index contributed by atoms with van der Waals surface area (Å²) in [6.45, 7) is 9.44. The molecule has 0 atom stereocenters. The first-order chi connectivity index (χ1) is 8.95. The highest BCUT2D eigenvalue weighted by Crippen LogP contribution is 2.24. The quantitative estimate of drug-likeness (QED) is 0.911. The highest BCUT2D eigenvalue weighted by Gasteiger charge is 2.11. The standard InChI is InChI=1S/C16H23N3/c1-11(2)17-9-15-10-19(5)18-16(15)14-7-12(3)6-13(4)8-14/h6-8,10-11,17H,9H2,1-5H3. The molecule has 2 rings (SSSR count). The molecule has 2 aromatic rings. The third kappa shape index (κ3) is 3.44. The summed E-state index contributed by atoms with van der Waals surface area (Å²) in [4.78, 5) is 0. The third-order valence-corrected chi connectivity index (χ3v) is 3.10. The van der Waals surface area contributed by atoms with E-state index in [0.717, 1.165) is 12.2 Å². The second-order valence-electron chi connectivity index (χ2n) is 5.59. The number of nitrogens with zero attached hydrogens (tertiary/aromatic N) is 2. The van der Waals surface area contributed by atoms with Crippen LogP contribution in [0.15, 0.2) is 24.4 Å². The van der Waals surface area contributed by atoms with E-state index in [1.165, 1.54) is 22.3 Å². The number of aromatic nitrogens is 2. The fraction of sp³-hybridized carbons (Fsp3) is 0.438. The summed E-state index contributed by atoms with van der Waals surface area (Å²) in [6, 6.07) is 7.08. The Kier molecular flexibility index (Phi) is 4.05. The van der Waals surface area contributed by atoms with E-state index < -0.39 is 0 Å². The van der Waals surface area contributed by atoms with Gasteiger partial charge in [-0.05, 0) is 26.0 Å². The highest BCUT2D eigenvalue weighted by molar-refractivity contribution is 5.64. The lowest BCUT2D eigenvalue weighted by Crippen LogP contribution is -2.21. The Bertz CT molecular complexity index is 547. The van der Waals surface area contributed by atoms with Crippen LogP contribution in [0.4, 0.5) is 0 Å². The maximum atomic E-state index is 4.62. The van der Waals surface area contributed by atoms with Crippen molar-refractivity contribution in [1.82, 2.24) is 15.1 Å². The maximum absolute atomic E-state index is 4.62. The van der Waals surface area contributed by atoms with Gasteiger partial charge in [-0.15, -0.1) is 0 Å². The van der Waals surface area contributed by atoms with E-state index in [0.29, 0.717) is 6.04 Å². The van der Waals surface area contributed by atoms with Gasteiger partial charge in [-0.1, -0.05) is 31.0 Å². The SMILES string of the molecule is Cc1cc(C)cc(-c2nn(C)cc2CNC(C)C)c1. The van der Waals surface area contributed by atoms with E-state index in [4.69, 9.17) is 0 Å². The molecule has 0 fully saturated rings. The van der Waals surface area contributed by atoms with Gasteiger partial charge < -0.3 is 5.32 Å². The summed E-state index contributed by atoms with van der Waals surface area (Å²) >= 11 is 0. The van der Waals surface area contributed by atoms with Crippen LogP contribution in [0.3, 0.4) is 0 Å². The zero-order valence-electron chi connectivity index (χ0n) is 12.5. The molecule has 0 aliphatic heterocycles. The van der Waals surface area contributed by atoms with E-state index in [1.807, 2.05) is 11.7 Å². The minimum atomic E-state index is 0.479. The lowest BCUT2D eigenvalue weighted by Gasteiger charge is -2.09. The van der Waals surface area contributed by atoms with E-state index in [-0.39, 0.29) is 0 Å². The normalized spacial score (nSPS) is 11.3. The first-order valence-electron chi connectivity index (χ1n) is 6.80. The fourth-order valence-electron chi connectivity index (χ4n) is 2.34. The van der Waals surface area contributed by atoms with Crippen LogP contribution in [-0.4, -0.2) is 15.8 Å². The van der Waals surface area contributed by atoms with Crippen LogP contribution in [0, 0.1) is 13.8 Å². The number of nitrogens with one attached hydrogen (secondary N) is 1. The Hall–Kier alpha value is -1.61. The van der Waals surface area contributed by atoms with Gasteiger partial charge in [0.15, 0.2) is 0 Å². The zero-order chi connectivity index (χ0) is 14.0. The number of hydrogen-bond acceptors (Lipinski definition) is 2. The summed E-state index contributed by atoms with van der Waals surface area (Å²) < 4.78 is 1.89. The predicted octanol–water partition coefficient (Wildman–Crippen LogP) is 3.20. The lowest BCUT2D eigenvalue weighted by molar-refractivity contribution is 0.589. The highest BCUT2D eigenvalue weighted by atomic mass is 15.3. The van der Waals surface area contributed by atoms with Gasteiger partial charge >= 0.3 is 0 Å². The Labute approximate surface area is 115 Å². The van der Waals surface area contributed by atoms with Crippen LogP contribution in [0.25, 0.3) is 11.3 Å². The first kappa shape index (κ1) is 13.8. The molecular weight excluding hydrogens is 234 g/mol. The molecule has 0 unspecified atom stereocenters. The van der Waals surface area contributed by atoms with Crippen molar-refractivity contribution in [3.63, 3.8) is 0 Å². The third-order valence-electron chi connectivity index (χ3n) is 3.10. The second-order valence-corrected chi connectivity index (χ2v) is 5.59. The van der Waals surface area contributed by atoms with Gasteiger partial charge in [0.1, 0.15) is 0 Å². The number of rotatable bonds is 4. The minimum Gasteiger partial charge on any atom is -0.310 e. The summed E-state index contributed by atoms with van der Waals surface area (Å²) in [5, 5.41) is 8.08. The summed E-state index contributed by atoms with van der Waals surface area (Å²) in [5.41, 5.74) is 6.11. The van der Waals surface area contributed by atoms with Crippen LogP contribution in [0.2, 0.25) is 0 Å². The van der Waals surface area contributed by atoms with Crippen molar-refractivity contribution in [2.75, 3.05) is 0 Å². The van der Waals surface area contributed by atoms with Gasteiger partial charge in [0, 0.05) is 37.0 Å². The molecule has 0 saturated heterocycles. The molecule has 3 heteroatoms. The topological polar surface area (TPSA) is 29.9 Å². The Morgan fingerprint density at radius 3 is 2.37 bits per heavy atom. The zero-order valence-corrected chi connectivity index (χ0v) is 12.5. The van der Waals surface area contributed by atoms with Gasteiger partial charge in [-0.25, -0.2) is 0 Å². The largest absolute Gasteiger partial charge is 0.310 e. The van der Waals surface area contributed by atoms with Crippen molar-refractivity contribution < 1.29 is 0 Å². The van der Waals surface area contributed by atoms with Crippen molar-refractivity contribution in [2.45, 2.75) is 40.3 Å². The molecule has 1 heterocycles. The molecule has 0 radical (unpaired) electrons. The fourth-order valence-corrected chi connectivity index (χ4v) is 2.34. The predicted molar refractivity (Wildman–Crippen MR) is 80.1 cm³/mol. The smallest absolute Gasteiger partial charge is 0.0968 e. The molecule has 0 amide bonds. The van der Waals surface area contributed by atoms with Gasteiger partial charge in [0.05, 0.1) is 5.69 Å².